The van der Waals surface area contributed by atoms with Gasteiger partial charge in [0, 0.05) is 18.3 Å². The number of unbranched alkanes of at least 4 members (excludes halogenated alkanes) is 1. The van der Waals surface area contributed by atoms with Gasteiger partial charge in [0.2, 0.25) is 5.91 Å². The maximum Gasteiger partial charge on any atom is 0.242 e. The third-order valence-corrected chi connectivity index (χ3v) is 3.35. The summed E-state index contributed by atoms with van der Waals surface area (Å²) < 4.78 is 5.79. The van der Waals surface area contributed by atoms with Crippen molar-refractivity contribution in [1.29, 1.82) is 0 Å². The van der Waals surface area contributed by atoms with E-state index < -0.39 is 0 Å². The van der Waals surface area contributed by atoms with Crippen molar-refractivity contribution < 1.29 is 9.53 Å². The summed E-state index contributed by atoms with van der Waals surface area (Å²) in [6, 6.07) is 7.48. The van der Waals surface area contributed by atoms with E-state index in [9.17, 15) is 4.79 Å². The summed E-state index contributed by atoms with van der Waals surface area (Å²) in [5.41, 5.74) is 0.897. The fourth-order valence-electron chi connectivity index (χ4n) is 1.83. The normalized spacial score (nSPS) is 13.3. The topological polar surface area (TPSA) is 50.4 Å². The first kappa shape index (κ1) is 17.3. The van der Waals surface area contributed by atoms with Crippen molar-refractivity contribution in [2.45, 2.75) is 59.1 Å². The van der Waals surface area contributed by atoms with Gasteiger partial charge in [0.25, 0.3) is 0 Å². The Labute approximate surface area is 128 Å². The van der Waals surface area contributed by atoms with Gasteiger partial charge < -0.3 is 15.4 Å². The molecule has 2 unspecified atom stereocenters. The number of anilines is 1. The average Bonchev–Trinajstić information content (AvgIpc) is 2.47. The summed E-state index contributed by atoms with van der Waals surface area (Å²) in [6.07, 6.45) is 3.25. The highest BCUT2D eigenvalue weighted by Crippen LogP contribution is 2.19. The molecule has 1 aromatic carbocycles. The average molecular weight is 292 g/mol. The van der Waals surface area contributed by atoms with E-state index in [0.717, 1.165) is 37.2 Å². The largest absolute Gasteiger partial charge is 0.491 e. The second-order valence-corrected chi connectivity index (χ2v) is 5.38. The number of amides is 1. The van der Waals surface area contributed by atoms with Crippen LogP contribution >= 0.6 is 0 Å². The van der Waals surface area contributed by atoms with E-state index in [1.165, 1.54) is 0 Å². The maximum atomic E-state index is 11.9. The van der Waals surface area contributed by atoms with E-state index in [0.29, 0.717) is 0 Å². The Kier molecular flexibility index (Phi) is 7.65. The van der Waals surface area contributed by atoms with Gasteiger partial charge in [0.15, 0.2) is 0 Å². The van der Waals surface area contributed by atoms with Gasteiger partial charge >= 0.3 is 0 Å². The number of rotatable bonds is 9. The van der Waals surface area contributed by atoms with Crippen LogP contribution < -0.4 is 15.4 Å². The molecule has 0 bridgehead atoms. The zero-order valence-corrected chi connectivity index (χ0v) is 13.6. The second kappa shape index (κ2) is 9.27. The summed E-state index contributed by atoms with van der Waals surface area (Å²) in [7, 11) is 0. The van der Waals surface area contributed by atoms with Crippen LogP contribution in [-0.2, 0) is 4.79 Å². The molecule has 0 radical (unpaired) electrons. The van der Waals surface area contributed by atoms with Gasteiger partial charge in [0.1, 0.15) is 11.8 Å². The predicted octanol–water partition coefficient (Wildman–Crippen LogP) is 3.58. The van der Waals surface area contributed by atoms with Crippen molar-refractivity contribution in [2.75, 3.05) is 11.9 Å². The number of ether oxygens (including phenoxy) is 1. The van der Waals surface area contributed by atoms with E-state index in [2.05, 4.69) is 24.5 Å². The Bertz CT molecular complexity index is 435. The van der Waals surface area contributed by atoms with Gasteiger partial charge in [-0.25, -0.2) is 0 Å². The summed E-state index contributed by atoms with van der Waals surface area (Å²) >= 11 is 0. The van der Waals surface area contributed by atoms with Gasteiger partial charge in [-0.1, -0.05) is 26.3 Å². The molecule has 0 aliphatic heterocycles. The van der Waals surface area contributed by atoms with E-state index in [1.807, 2.05) is 38.1 Å². The van der Waals surface area contributed by atoms with Crippen LogP contribution in [0.15, 0.2) is 24.3 Å². The lowest BCUT2D eigenvalue weighted by Crippen LogP contribution is -2.37. The highest BCUT2D eigenvalue weighted by Gasteiger charge is 2.12. The number of carbonyl (C=O) groups is 1. The predicted molar refractivity (Wildman–Crippen MR) is 87.8 cm³/mol. The molecule has 0 heterocycles. The number of carbonyl (C=O) groups excluding carboxylic acids is 1. The number of hydrogen-bond donors (Lipinski definition) is 2. The Morgan fingerprint density at radius 3 is 2.71 bits per heavy atom. The Balaban J connectivity index is 2.53. The molecule has 0 saturated carbocycles. The van der Waals surface area contributed by atoms with Crippen molar-refractivity contribution in [1.82, 2.24) is 5.32 Å². The van der Waals surface area contributed by atoms with Gasteiger partial charge in [-0.15, -0.1) is 0 Å². The van der Waals surface area contributed by atoms with Crippen LogP contribution in [0.5, 0.6) is 5.75 Å². The molecule has 0 spiro atoms. The van der Waals surface area contributed by atoms with Crippen LogP contribution in [0.4, 0.5) is 5.69 Å². The molecule has 118 valence electrons. The first-order chi connectivity index (χ1) is 10.1. The number of benzene rings is 1. The minimum absolute atomic E-state index is 0.0247. The Morgan fingerprint density at radius 2 is 2.05 bits per heavy atom. The summed E-state index contributed by atoms with van der Waals surface area (Å²) in [4.78, 5) is 11.9. The summed E-state index contributed by atoms with van der Waals surface area (Å²) in [5, 5.41) is 6.14. The molecular weight excluding hydrogens is 264 g/mol. The number of nitrogens with one attached hydrogen (secondary N) is 2. The fourth-order valence-corrected chi connectivity index (χ4v) is 1.83. The van der Waals surface area contributed by atoms with E-state index in [4.69, 9.17) is 4.74 Å². The summed E-state index contributed by atoms with van der Waals surface area (Å²) in [6.45, 7) is 8.85. The third kappa shape index (κ3) is 6.52. The highest BCUT2D eigenvalue weighted by molar-refractivity contribution is 5.84. The van der Waals surface area contributed by atoms with Crippen LogP contribution in [0.3, 0.4) is 0 Å². The van der Waals surface area contributed by atoms with Crippen molar-refractivity contribution in [3.05, 3.63) is 24.3 Å². The molecule has 0 saturated heterocycles. The van der Waals surface area contributed by atoms with Crippen molar-refractivity contribution >= 4 is 11.6 Å². The first-order valence-electron chi connectivity index (χ1n) is 7.87. The van der Waals surface area contributed by atoms with Crippen LogP contribution in [-0.4, -0.2) is 24.6 Å². The minimum Gasteiger partial charge on any atom is -0.491 e. The molecule has 21 heavy (non-hydrogen) atoms. The molecule has 0 aliphatic carbocycles. The quantitative estimate of drug-likeness (QED) is 0.684. The van der Waals surface area contributed by atoms with Crippen molar-refractivity contribution in [3.63, 3.8) is 0 Å². The highest BCUT2D eigenvalue weighted by atomic mass is 16.5. The standard InChI is InChI=1S/C17H28N2O2/c1-5-7-11-18-17(20)14(4)19-15-9-8-10-16(12-15)21-13(3)6-2/h8-10,12-14,19H,5-7,11H2,1-4H3,(H,18,20). The van der Waals surface area contributed by atoms with Gasteiger partial charge in [-0.05, 0) is 38.8 Å². The third-order valence-electron chi connectivity index (χ3n) is 3.35. The molecule has 1 aromatic rings. The van der Waals surface area contributed by atoms with Crippen molar-refractivity contribution in [3.8, 4) is 5.75 Å². The SMILES string of the molecule is CCCCNC(=O)C(C)Nc1cccc(OC(C)CC)c1. The molecule has 0 fully saturated rings. The van der Waals surface area contributed by atoms with E-state index in [-0.39, 0.29) is 18.1 Å². The second-order valence-electron chi connectivity index (χ2n) is 5.38. The molecule has 0 aromatic heterocycles. The van der Waals surface area contributed by atoms with E-state index in [1.54, 1.807) is 0 Å². The van der Waals surface area contributed by atoms with Gasteiger partial charge in [0.05, 0.1) is 6.10 Å². The molecule has 4 heteroatoms. The molecule has 4 nitrogen and oxygen atoms in total. The Morgan fingerprint density at radius 1 is 1.29 bits per heavy atom. The maximum absolute atomic E-state index is 11.9. The molecule has 2 atom stereocenters. The zero-order chi connectivity index (χ0) is 15.7. The monoisotopic (exact) mass is 292 g/mol. The van der Waals surface area contributed by atoms with Crippen LogP contribution in [0.25, 0.3) is 0 Å². The minimum atomic E-state index is -0.263. The first-order valence-corrected chi connectivity index (χ1v) is 7.87. The molecular formula is C17H28N2O2. The zero-order valence-electron chi connectivity index (χ0n) is 13.6. The lowest BCUT2D eigenvalue weighted by atomic mass is 10.2. The Hall–Kier alpha value is -1.71. The van der Waals surface area contributed by atoms with E-state index >= 15 is 0 Å². The van der Waals surface area contributed by atoms with Crippen LogP contribution in [0, 0.1) is 0 Å². The fraction of sp³-hybridized carbons (Fsp3) is 0.588. The molecule has 2 N–H and O–H groups in total. The summed E-state index contributed by atoms with van der Waals surface area (Å²) in [5.74, 6) is 0.852. The number of hydrogen-bond acceptors (Lipinski definition) is 3. The lowest BCUT2D eigenvalue weighted by molar-refractivity contribution is -0.121. The van der Waals surface area contributed by atoms with Gasteiger partial charge in [-0.2, -0.15) is 0 Å². The van der Waals surface area contributed by atoms with Crippen LogP contribution in [0.1, 0.15) is 47.0 Å². The van der Waals surface area contributed by atoms with Crippen LogP contribution in [0.2, 0.25) is 0 Å². The molecule has 1 amide bonds. The smallest absolute Gasteiger partial charge is 0.242 e. The lowest BCUT2D eigenvalue weighted by Gasteiger charge is -2.17. The van der Waals surface area contributed by atoms with Crippen molar-refractivity contribution in [2.24, 2.45) is 0 Å². The molecule has 0 aliphatic rings. The molecule has 1 rings (SSSR count). The van der Waals surface area contributed by atoms with Gasteiger partial charge in [-0.3, -0.25) is 4.79 Å².